The molecule has 0 unspecified atom stereocenters. The van der Waals surface area contributed by atoms with Gasteiger partial charge in [-0.05, 0) is 36.2 Å². The van der Waals surface area contributed by atoms with Gasteiger partial charge in [0.15, 0.2) is 0 Å². The van der Waals surface area contributed by atoms with E-state index in [1.807, 2.05) is 18.2 Å². The molecule has 0 bridgehead atoms. The number of nitrogens with two attached hydrogens (primary N) is 1. The molecule has 18 heavy (non-hydrogen) atoms. The fraction of sp³-hybridized carbons (Fsp3) is 0.200. The van der Waals surface area contributed by atoms with Crippen molar-refractivity contribution in [3.8, 4) is 5.75 Å². The van der Waals surface area contributed by atoms with Crippen LogP contribution in [0.3, 0.4) is 0 Å². The van der Waals surface area contributed by atoms with Gasteiger partial charge in [0, 0.05) is 21.5 Å². The molecule has 0 atom stereocenters. The molecule has 0 aliphatic heterocycles. The second kappa shape index (κ2) is 5.83. The second-order valence-corrected chi connectivity index (χ2v) is 5.12. The minimum absolute atomic E-state index is 0.749. The minimum Gasteiger partial charge on any atom is -0.497 e. The third-order valence-electron chi connectivity index (χ3n) is 2.78. The van der Waals surface area contributed by atoms with Gasteiger partial charge in [-0.3, -0.25) is 0 Å². The van der Waals surface area contributed by atoms with Crippen molar-refractivity contribution in [1.29, 1.82) is 0 Å². The summed E-state index contributed by atoms with van der Waals surface area (Å²) >= 11 is 1.67. The molecule has 3 heteroatoms. The molecule has 0 aliphatic rings. The lowest BCUT2D eigenvalue weighted by Gasteiger charge is -2.08. The lowest BCUT2D eigenvalue weighted by Crippen LogP contribution is -1.90. The molecule has 0 saturated heterocycles. The van der Waals surface area contributed by atoms with E-state index in [1.54, 1.807) is 18.9 Å². The van der Waals surface area contributed by atoms with Crippen LogP contribution in [-0.2, 0) is 6.42 Å². The van der Waals surface area contributed by atoms with Crippen molar-refractivity contribution in [3.63, 3.8) is 0 Å². The first kappa shape index (κ1) is 12.8. The normalized spacial score (nSPS) is 10.3. The Balaban J connectivity index is 2.17. The zero-order chi connectivity index (χ0) is 13.0. The quantitative estimate of drug-likeness (QED) is 0.843. The van der Waals surface area contributed by atoms with E-state index in [4.69, 9.17) is 10.5 Å². The van der Waals surface area contributed by atoms with Crippen LogP contribution in [0.2, 0.25) is 0 Å². The first-order valence-corrected chi connectivity index (χ1v) is 6.75. The number of ether oxygens (including phenoxy) is 1. The summed E-state index contributed by atoms with van der Waals surface area (Å²) in [6, 6.07) is 14.3. The highest BCUT2D eigenvalue weighted by Crippen LogP contribution is 2.34. The summed E-state index contributed by atoms with van der Waals surface area (Å²) in [4.78, 5) is 2.25. The van der Waals surface area contributed by atoms with Crippen molar-refractivity contribution in [1.82, 2.24) is 0 Å². The summed E-state index contributed by atoms with van der Waals surface area (Å²) in [5, 5.41) is 0. The monoisotopic (exact) mass is 259 g/mol. The minimum atomic E-state index is 0.749. The van der Waals surface area contributed by atoms with Gasteiger partial charge < -0.3 is 10.5 Å². The maximum Gasteiger partial charge on any atom is 0.120 e. The first-order chi connectivity index (χ1) is 8.72. The number of hydrogen-bond acceptors (Lipinski definition) is 3. The molecule has 2 nitrogen and oxygen atoms in total. The van der Waals surface area contributed by atoms with E-state index in [1.165, 1.54) is 10.5 Å². The smallest absolute Gasteiger partial charge is 0.120 e. The molecule has 2 rings (SSSR count). The summed E-state index contributed by atoms with van der Waals surface area (Å²) < 4.78 is 5.14. The first-order valence-electron chi connectivity index (χ1n) is 5.93. The number of benzene rings is 2. The van der Waals surface area contributed by atoms with Crippen molar-refractivity contribution in [2.24, 2.45) is 0 Å². The molecule has 2 aromatic carbocycles. The van der Waals surface area contributed by atoms with Crippen LogP contribution in [0, 0.1) is 0 Å². The number of methoxy groups -OCH3 is 1. The number of aryl methyl sites for hydroxylation is 1. The van der Waals surface area contributed by atoms with E-state index < -0.39 is 0 Å². The Kier molecular flexibility index (Phi) is 4.15. The highest BCUT2D eigenvalue weighted by molar-refractivity contribution is 7.99. The van der Waals surface area contributed by atoms with E-state index in [9.17, 15) is 0 Å². The highest BCUT2D eigenvalue weighted by Gasteiger charge is 2.03. The second-order valence-electron chi connectivity index (χ2n) is 4.00. The molecule has 0 radical (unpaired) electrons. The summed E-state index contributed by atoms with van der Waals surface area (Å²) in [5.74, 6) is 0.790. The van der Waals surface area contributed by atoms with E-state index in [0.717, 1.165) is 22.8 Å². The standard InChI is InChI=1S/C15H17NOS/c1-3-11-4-7-13(8-5-11)18-15-9-6-12(17-2)10-14(15)16/h4-10H,3,16H2,1-2H3. The molecular formula is C15H17NOS. The number of anilines is 1. The average molecular weight is 259 g/mol. The Bertz CT molecular complexity index is 523. The topological polar surface area (TPSA) is 35.2 Å². The lowest BCUT2D eigenvalue weighted by atomic mass is 10.2. The van der Waals surface area contributed by atoms with Crippen molar-refractivity contribution >= 4 is 17.4 Å². The Morgan fingerprint density at radius 3 is 2.39 bits per heavy atom. The van der Waals surface area contributed by atoms with Gasteiger partial charge in [-0.25, -0.2) is 0 Å². The van der Waals surface area contributed by atoms with Gasteiger partial charge in [0.2, 0.25) is 0 Å². The van der Waals surface area contributed by atoms with Crippen molar-refractivity contribution < 1.29 is 4.74 Å². The van der Waals surface area contributed by atoms with Gasteiger partial charge in [-0.2, -0.15) is 0 Å². The lowest BCUT2D eigenvalue weighted by molar-refractivity contribution is 0.415. The van der Waals surface area contributed by atoms with Crippen LogP contribution in [0.15, 0.2) is 52.3 Å². The van der Waals surface area contributed by atoms with Gasteiger partial charge >= 0.3 is 0 Å². The zero-order valence-corrected chi connectivity index (χ0v) is 11.5. The molecule has 0 heterocycles. The van der Waals surface area contributed by atoms with Gasteiger partial charge in [-0.1, -0.05) is 30.8 Å². The maximum atomic E-state index is 6.00. The molecule has 0 aliphatic carbocycles. The molecule has 94 valence electrons. The van der Waals surface area contributed by atoms with Crippen LogP contribution in [0.4, 0.5) is 5.69 Å². The Morgan fingerprint density at radius 2 is 1.83 bits per heavy atom. The van der Waals surface area contributed by atoms with Crippen LogP contribution < -0.4 is 10.5 Å². The third kappa shape index (κ3) is 2.99. The van der Waals surface area contributed by atoms with Crippen LogP contribution in [0.1, 0.15) is 12.5 Å². The van der Waals surface area contributed by atoms with E-state index in [-0.39, 0.29) is 0 Å². The van der Waals surface area contributed by atoms with Crippen molar-refractivity contribution in [2.75, 3.05) is 12.8 Å². The Hall–Kier alpha value is -1.61. The predicted octanol–water partition coefficient (Wildman–Crippen LogP) is 3.99. The molecule has 2 N–H and O–H groups in total. The zero-order valence-electron chi connectivity index (χ0n) is 10.6. The van der Waals surface area contributed by atoms with Crippen LogP contribution in [0.5, 0.6) is 5.75 Å². The highest BCUT2D eigenvalue weighted by atomic mass is 32.2. The van der Waals surface area contributed by atoms with Crippen LogP contribution in [-0.4, -0.2) is 7.11 Å². The Labute approximate surface area is 112 Å². The van der Waals surface area contributed by atoms with Gasteiger partial charge in [-0.15, -0.1) is 0 Å². The number of rotatable bonds is 4. The molecular weight excluding hydrogens is 242 g/mol. The van der Waals surface area contributed by atoms with Crippen LogP contribution >= 0.6 is 11.8 Å². The van der Waals surface area contributed by atoms with Crippen LogP contribution in [0.25, 0.3) is 0 Å². The van der Waals surface area contributed by atoms with Gasteiger partial charge in [0.1, 0.15) is 5.75 Å². The summed E-state index contributed by atoms with van der Waals surface area (Å²) in [5.41, 5.74) is 8.10. The van der Waals surface area contributed by atoms with Gasteiger partial charge in [0.25, 0.3) is 0 Å². The maximum absolute atomic E-state index is 6.00. The number of nitrogen functional groups attached to an aromatic ring is 1. The van der Waals surface area contributed by atoms with E-state index in [0.29, 0.717) is 0 Å². The molecule has 0 aromatic heterocycles. The van der Waals surface area contributed by atoms with Crippen molar-refractivity contribution in [2.45, 2.75) is 23.1 Å². The molecule has 2 aromatic rings. The largest absolute Gasteiger partial charge is 0.497 e. The Morgan fingerprint density at radius 1 is 1.11 bits per heavy atom. The summed E-state index contributed by atoms with van der Waals surface area (Å²) in [6.45, 7) is 2.16. The van der Waals surface area contributed by atoms with E-state index in [2.05, 4.69) is 31.2 Å². The molecule has 0 fully saturated rings. The molecule has 0 spiro atoms. The third-order valence-corrected chi connectivity index (χ3v) is 3.88. The fourth-order valence-corrected chi connectivity index (χ4v) is 2.51. The average Bonchev–Trinajstić information content (AvgIpc) is 2.42. The molecule has 0 saturated carbocycles. The number of hydrogen-bond donors (Lipinski definition) is 1. The van der Waals surface area contributed by atoms with Crippen molar-refractivity contribution in [3.05, 3.63) is 48.0 Å². The van der Waals surface area contributed by atoms with E-state index >= 15 is 0 Å². The fourth-order valence-electron chi connectivity index (χ4n) is 1.67. The predicted molar refractivity (Wildman–Crippen MR) is 77.3 cm³/mol. The summed E-state index contributed by atoms with van der Waals surface area (Å²) in [7, 11) is 1.64. The SMILES string of the molecule is CCc1ccc(Sc2ccc(OC)cc2N)cc1. The molecule has 0 amide bonds. The van der Waals surface area contributed by atoms with Gasteiger partial charge in [0.05, 0.1) is 7.11 Å². The summed E-state index contributed by atoms with van der Waals surface area (Å²) in [6.07, 6.45) is 1.07.